The summed E-state index contributed by atoms with van der Waals surface area (Å²) in [6.45, 7) is 9.92. The first-order valence-electron chi connectivity index (χ1n) is 8.11. The van der Waals surface area contributed by atoms with Crippen LogP contribution in [0, 0.1) is 0 Å². The van der Waals surface area contributed by atoms with Crippen molar-refractivity contribution in [2.45, 2.75) is 51.7 Å². The average molecular weight is 289 g/mol. The molecular formula is C18H31N3. The molecule has 1 aromatic carbocycles. The molecule has 0 bridgehead atoms. The fourth-order valence-corrected chi connectivity index (χ4v) is 3.02. The lowest BCUT2D eigenvalue weighted by atomic mass is 10.1. The topological polar surface area (TPSA) is 18.5 Å². The summed E-state index contributed by atoms with van der Waals surface area (Å²) in [4.78, 5) is 4.92. The van der Waals surface area contributed by atoms with Crippen LogP contribution in [-0.4, -0.2) is 43.7 Å². The van der Waals surface area contributed by atoms with Crippen LogP contribution in [0.1, 0.15) is 39.2 Å². The van der Waals surface area contributed by atoms with Crippen molar-refractivity contribution in [1.29, 1.82) is 0 Å². The van der Waals surface area contributed by atoms with E-state index in [0.717, 1.165) is 13.1 Å². The number of rotatable bonds is 5. The number of nitrogens with one attached hydrogen (secondary N) is 1. The summed E-state index contributed by atoms with van der Waals surface area (Å²) in [7, 11) is 4.47. The fourth-order valence-electron chi connectivity index (χ4n) is 3.02. The summed E-state index contributed by atoms with van der Waals surface area (Å²) in [6, 6.07) is 9.46. The number of likely N-dealkylation sites (N-methyl/N-ethyl adjacent to an activating group) is 2. The lowest BCUT2D eigenvalue weighted by Gasteiger charge is -2.29. The van der Waals surface area contributed by atoms with Gasteiger partial charge in [0.2, 0.25) is 0 Å². The zero-order valence-electron chi connectivity index (χ0n) is 14.3. The van der Waals surface area contributed by atoms with Gasteiger partial charge in [0, 0.05) is 37.4 Å². The maximum Gasteiger partial charge on any atom is 0.0409 e. The summed E-state index contributed by atoms with van der Waals surface area (Å²) in [5.74, 6) is 0. The number of likely N-dealkylation sites (tertiary alicyclic amines) is 1. The molecule has 3 heteroatoms. The Morgan fingerprint density at radius 3 is 2.62 bits per heavy atom. The average Bonchev–Trinajstić information content (AvgIpc) is 2.81. The smallest absolute Gasteiger partial charge is 0.0409 e. The van der Waals surface area contributed by atoms with Crippen LogP contribution < -0.4 is 10.2 Å². The SMILES string of the molecule is CN(CC1CCCN1C)c1ccccc1CNC(C)(C)C. The third kappa shape index (κ3) is 4.72. The Bertz CT molecular complexity index is 450. The van der Waals surface area contributed by atoms with Crippen LogP contribution in [-0.2, 0) is 6.54 Å². The zero-order valence-corrected chi connectivity index (χ0v) is 14.3. The second kappa shape index (κ2) is 6.80. The lowest BCUT2D eigenvalue weighted by Crippen LogP contribution is -2.38. The van der Waals surface area contributed by atoms with Gasteiger partial charge in [-0.15, -0.1) is 0 Å². The highest BCUT2D eigenvalue weighted by molar-refractivity contribution is 5.53. The fraction of sp³-hybridized carbons (Fsp3) is 0.667. The van der Waals surface area contributed by atoms with Crippen LogP contribution >= 0.6 is 0 Å². The van der Waals surface area contributed by atoms with Crippen molar-refractivity contribution < 1.29 is 0 Å². The van der Waals surface area contributed by atoms with Crippen LogP contribution in [0.5, 0.6) is 0 Å². The van der Waals surface area contributed by atoms with E-state index in [1.165, 1.54) is 30.6 Å². The van der Waals surface area contributed by atoms with E-state index >= 15 is 0 Å². The van der Waals surface area contributed by atoms with Gasteiger partial charge in [-0.1, -0.05) is 18.2 Å². The number of hydrogen-bond donors (Lipinski definition) is 1. The predicted molar refractivity (Wildman–Crippen MR) is 92.0 cm³/mol. The molecule has 2 rings (SSSR count). The molecule has 0 saturated carbocycles. The molecule has 0 aromatic heterocycles. The molecule has 1 saturated heterocycles. The standard InChI is InChI=1S/C18H31N3/c1-18(2,3)19-13-15-9-6-7-11-17(15)21(5)14-16-10-8-12-20(16)4/h6-7,9,11,16,19H,8,10,12-14H2,1-5H3. The molecule has 1 aromatic rings. The highest BCUT2D eigenvalue weighted by Crippen LogP contribution is 2.23. The van der Waals surface area contributed by atoms with Crippen molar-refractivity contribution in [2.75, 3.05) is 32.1 Å². The van der Waals surface area contributed by atoms with Gasteiger partial charge in [-0.3, -0.25) is 0 Å². The quantitative estimate of drug-likeness (QED) is 0.898. The monoisotopic (exact) mass is 289 g/mol. The van der Waals surface area contributed by atoms with Crippen molar-refractivity contribution in [2.24, 2.45) is 0 Å². The molecule has 1 atom stereocenters. The normalized spacial score (nSPS) is 20.0. The third-order valence-corrected chi connectivity index (χ3v) is 4.37. The van der Waals surface area contributed by atoms with E-state index in [9.17, 15) is 0 Å². The number of hydrogen-bond acceptors (Lipinski definition) is 3. The maximum absolute atomic E-state index is 3.60. The first kappa shape index (κ1) is 16.3. The van der Waals surface area contributed by atoms with E-state index in [-0.39, 0.29) is 5.54 Å². The van der Waals surface area contributed by atoms with Gasteiger partial charge >= 0.3 is 0 Å². The van der Waals surface area contributed by atoms with Crippen LogP contribution in [0.15, 0.2) is 24.3 Å². The van der Waals surface area contributed by atoms with Gasteiger partial charge in [-0.2, -0.15) is 0 Å². The Morgan fingerprint density at radius 1 is 1.29 bits per heavy atom. The number of benzene rings is 1. The Hall–Kier alpha value is -1.06. The van der Waals surface area contributed by atoms with E-state index in [0.29, 0.717) is 6.04 Å². The van der Waals surface area contributed by atoms with Gasteiger partial charge in [0.25, 0.3) is 0 Å². The van der Waals surface area contributed by atoms with Crippen molar-refractivity contribution in [3.8, 4) is 0 Å². The van der Waals surface area contributed by atoms with Crippen molar-refractivity contribution in [1.82, 2.24) is 10.2 Å². The highest BCUT2D eigenvalue weighted by atomic mass is 15.2. The van der Waals surface area contributed by atoms with Crippen LogP contribution in [0.4, 0.5) is 5.69 Å². The van der Waals surface area contributed by atoms with Crippen LogP contribution in [0.2, 0.25) is 0 Å². The third-order valence-electron chi connectivity index (χ3n) is 4.37. The highest BCUT2D eigenvalue weighted by Gasteiger charge is 2.23. The maximum atomic E-state index is 3.60. The van der Waals surface area contributed by atoms with Gasteiger partial charge in [0.15, 0.2) is 0 Å². The molecular weight excluding hydrogens is 258 g/mol. The molecule has 0 radical (unpaired) electrons. The van der Waals surface area contributed by atoms with E-state index < -0.39 is 0 Å². The summed E-state index contributed by atoms with van der Waals surface area (Å²) in [6.07, 6.45) is 2.66. The van der Waals surface area contributed by atoms with E-state index in [1.54, 1.807) is 0 Å². The minimum absolute atomic E-state index is 0.150. The molecule has 0 aliphatic carbocycles. The summed E-state index contributed by atoms with van der Waals surface area (Å²) in [5.41, 5.74) is 2.89. The van der Waals surface area contributed by atoms with Gasteiger partial charge in [0.1, 0.15) is 0 Å². The molecule has 3 nitrogen and oxygen atoms in total. The number of nitrogens with zero attached hydrogens (tertiary/aromatic N) is 2. The minimum atomic E-state index is 0.150. The Balaban J connectivity index is 2.04. The second-order valence-corrected chi connectivity index (χ2v) is 7.39. The van der Waals surface area contributed by atoms with Crippen molar-refractivity contribution >= 4 is 5.69 Å². The number of anilines is 1. The van der Waals surface area contributed by atoms with Gasteiger partial charge in [0.05, 0.1) is 0 Å². The largest absolute Gasteiger partial charge is 0.373 e. The second-order valence-electron chi connectivity index (χ2n) is 7.39. The molecule has 1 fully saturated rings. The molecule has 118 valence electrons. The van der Waals surface area contributed by atoms with E-state index in [2.05, 4.69) is 74.2 Å². The Morgan fingerprint density at radius 2 is 2.00 bits per heavy atom. The van der Waals surface area contributed by atoms with E-state index in [1.807, 2.05) is 0 Å². The Kier molecular flexibility index (Phi) is 5.28. The first-order valence-corrected chi connectivity index (χ1v) is 8.11. The van der Waals surface area contributed by atoms with Crippen molar-refractivity contribution in [3.63, 3.8) is 0 Å². The van der Waals surface area contributed by atoms with Gasteiger partial charge < -0.3 is 15.1 Å². The van der Waals surface area contributed by atoms with E-state index in [4.69, 9.17) is 0 Å². The lowest BCUT2D eigenvalue weighted by molar-refractivity contribution is 0.314. The summed E-state index contributed by atoms with van der Waals surface area (Å²) >= 11 is 0. The molecule has 1 N–H and O–H groups in total. The van der Waals surface area contributed by atoms with Crippen LogP contribution in [0.25, 0.3) is 0 Å². The van der Waals surface area contributed by atoms with Gasteiger partial charge in [-0.25, -0.2) is 0 Å². The molecule has 0 amide bonds. The zero-order chi connectivity index (χ0) is 15.5. The summed E-state index contributed by atoms with van der Waals surface area (Å²) in [5, 5.41) is 3.60. The minimum Gasteiger partial charge on any atom is -0.373 e. The van der Waals surface area contributed by atoms with Crippen molar-refractivity contribution in [3.05, 3.63) is 29.8 Å². The van der Waals surface area contributed by atoms with Gasteiger partial charge in [-0.05, 0) is 58.8 Å². The molecule has 1 unspecified atom stereocenters. The molecule has 1 aliphatic heterocycles. The summed E-state index contributed by atoms with van der Waals surface area (Å²) < 4.78 is 0. The Labute approximate surface area is 130 Å². The van der Waals surface area contributed by atoms with Crippen LogP contribution in [0.3, 0.4) is 0 Å². The molecule has 1 aliphatic rings. The molecule has 21 heavy (non-hydrogen) atoms. The predicted octanol–water partition coefficient (Wildman–Crippen LogP) is 3.11. The molecule has 0 spiro atoms. The number of para-hydroxylation sites is 1. The first-order chi connectivity index (χ1) is 9.87. The molecule has 1 heterocycles.